The minimum atomic E-state index is -4.76. The van der Waals surface area contributed by atoms with Crippen molar-refractivity contribution in [2.75, 3.05) is 19.8 Å². The van der Waals surface area contributed by atoms with Crippen LogP contribution in [0.4, 0.5) is 0 Å². The Morgan fingerprint density at radius 3 is 1.76 bits per heavy atom. The second-order valence-electron chi connectivity index (χ2n) is 13.6. The summed E-state index contributed by atoms with van der Waals surface area (Å²) in [6, 6.07) is -1.55. The molecule has 0 heterocycles. The number of hydrogen-bond acceptors (Lipinski definition) is 10. The summed E-state index contributed by atoms with van der Waals surface area (Å²) >= 11 is 0. The van der Waals surface area contributed by atoms with Gasteiger partial charge in [0.15, 0.2) is 6.10 Å². The van der Waals surface area contributed by atoms with Crippen LogP contribution in [0.15, 0.2) is 109 Å². The van der Waals surface area contributed by atoms with E-state index in [2.05, 4.69) is 67.0 Å². The molecule has 2 unspecified atom stereocenters. The molecule has 12 nitrogen and oxygen atoms in total. The van der Waals surface area contributed by atoms with Crippen molar-refractivity contribution in [3.63, 3.8) is 0 Å². The highest BCUT2D eigenvalue weighted by atomic mass is 31.2. The summed E-state index contributed by atoms with van der Waals surface area (Å²) in [5.41, 5.74) is 5.32. The molecule has 0 amide bonds. The van der Waals surface area contributed by atoms with E-state index < -0.39 is 63.8 Å². The van der Waals surface area contributed by atoms with Gasteiger partial charge >= 0.3 is 25.7 Å². The third kappa shape index (κ3) is 39.3. The molecule has 0 aromatic rings. The van der Waals surface area contributed by atoms with Crippen LogP contribution in [0.2, 0.25) is 0 Å². The molecular formula is C46H72NO11P. The lowest BCUT2D eigenvalue weighted by molar-refractivity contribution is -0.161. The molecule has 0 radical (unpaired) electrons. The number of nitrogens with two attached hydrogens (primary N) is 1. The Kier molecular flexibility index (Phi) is 36.9. The lowest BCUT2D eigenvalue weighted by Crippen LogP contribution is -2.34. The van der Waals surface area contributed by atoms with Crippen LogP contribution in [0.25, 0.3) is 0 Å². The van der Waals surface area contributed by atoms with E-state index in [-0.39, 0.29) is 12.8 Å². The number of carboxylic acid groups (broad SMARTS) is 1. The number of allylic oxidation sites excluding steroid dienone is 16. The van der Waals surface area contributed by atoms with Crippen LogP contribution in [-0.2, 0) is 37.5 Å². The van der Waals surface area contributed by atoms with E-state index in [1.54, 1.807) is 6.08 Å². The summed E-state index contributed by atoms with van der Waals surface area (Å²) in [5, 5.41) is 18.7. The maximum Gasteiger partial charge on any atom is 0.472 e. The normalized spacial score (nSPS) is 15.3. The molecule has 0 rings (SSSR count). The van der Waals surface area contributed by atoms with Crippen molar-refractivity contribution in [3.05, 3.63) is 109 Å². The third-order valence-electron chi connectivity index (χ3n) is 8.11. The fourth-order valence-electron chi connectivity index (χ4n) is 4.83. The molecule has 0 saturated carbocycles. The average Bonchev–Trinajstić information content (AvgIpc) is 3.20. The van der Waals surface area contributed by atoms with Crippen molar-refractivity contribution in [1.82, 2.24) is 0 Å². The second kappa shape index (κ2) is 39.6. The number of unbranched alkanes of at least 4 members (excludes halogenated alkanes) is 5. The monoisotopic (exact) mass is 845 g/mol. The Labute approximate surface area is 353 Å². The predicted octanol–water partition coefficient (Wildman–Crippen LogP) is 10.0. The summed E-state index contributed by atoms with van der Waals surface area (Å²) in [4.78, 5) is 45.9. The lowest BCUT2D eigenvalue weighted by atomic mass is 10.1. The molecule has 0 aromatic carbocycles. The molecule has 0 aliphatic rings. The number of aliphatic carboxylic acids is 1. The zero-order valence-corrected chi connectivity index (χ0v) is 36.3. The molecule has 0 aliphatic heterocycles. The van der Waals surface area contributed by atoms with Crippen molar-refractivity contribution in [1.29, 1.82) is 0 Å². The number of phosphoric ester groups is 1. The van der Waals surface area contributed by atoms with E-state index in [0.717, 1.165) is 70.6 Å². The highest BCUT2D eigenvalue weighted by molar-refractivity contribution is 7.47. The number of aliphatic hydroxyl groups excluding tert-OH is 1. The summed E-state index contributed by atoms with van der Waals surface area (Å²) < 4.78 is 32.5. The SMILES string of the molecule is CC/C=C\C/C=C\C/C=C\CCCCCCCC(=O)OC[C@H](COP(=O)(O)OC[C@H](N)C(=O)O)OC(=O)CC/C=C\C/C=C\C/C=C\C/C=C/C=C/C(O)C/C=C\CC. The molecule has 0 saturated heterocycles. The van der Waals surface area contributed by atoms with Crippen LogP contribution >= 0.6 is 7.82 Å². The first-order chi connectivity index (χ1) is 28.5. The fourth-order valence-corrected chi connectivity index (χ4v) is 5.61. The molecule has 0 fully saturated rings. The third-order valence-corrected chi connectivity index (χ3v) is 9.06. The van der Waals surface area contributed by atoms with Gasteiger partial charge in [-0.25, -0.2) is 4.57 Å². The Morgan fingerprint density at radius 2 is 1.14 bits per heavy atom. The minimum absolute atomic E-state index is 0.00943. The van der Waals surface area contributed by atoms with Gasteiger partial charge in [-0.15, -0.1) is 0 Å². The molecule has 0 aromatic heterocycles. The van der Waals surface area contributed by atoms with Crippen molar-refractivity contribution in [2.24, 2.45) is 5.73 Å². The topological polar surface area (TPSA) is 192 Å². The quantitative estimate of drug-likeness (QED) is 0.0152. The molecule has 59 heavy (non-hydrogen) atoms. The van der Waals surface area contributed by atoms with Gasteiger partial charge in [0.05, 0.1) is 19.3 Å². The van der Waals surface area contributed by atoms with Gasteiger partial charge in [0.1, 0.15) is 12.6 Å². The van der Waals surface area contributed by atoms with Crippen LogP contribution in [0, 0.1) is 0 Å². The van der Waals surface area contributed by atoms with Gasteiger partial charge < -0.3 is 30.3 Å². The molecule has 0 aliphatic carbocycles. The Balaban J connectivity index is 4.60. The number of carbonyl (C=O) groups is 3. The van der Waals surface area contributed by atoms with Gasteiger partial charge in [0.2, 0.25) is 0 Å². The number of phosphoric acid groups is 1. The molecule has 5 N–H and O–H groups in total. The number of ether oxygens (including phenoxy) is 2. The van der Waals surface area contributed by atoms with Gasteiger partial charge in [0, 0.05) is 12.8 Å². The fraction of sp³-hybridized carbons (Fsp3) is 0.543. The van der Waals surface area contributed by atoms with E-state index in [0.29, 0.717) is 25.7 Å². The maximum absolute atomic E-state index is 12.6. The maximum atomic E-state index is 12.6. The van der Waals surface area contributed by atoms with Crippen LogP contribution in [-0.4, -0.2) is 71.1 Å². The Hall–Kier alpha value is -3.90. The molecule has 13 heteroatoms. The largest absolute Gasteiger partial charge is 0.480 e. The summed E-state index contributed by atoms with van der Waals surface area (Å²) in [5.74, 6) is -2.55. The van der Waals surface area contributed by atoms with Crippen LogP contribution in [0.5, 0.6) is 0 Å². The Morgan fingerprint density at radius 1 is 0.610 bits per heavy atom. The minimum Gasteiger partial charge on any atom is -0.480 e. The standard InChI is InChI=1S/C46H72NO11P/c1-3-5-7-8-9-10-11-12-13-16-19-22-25-28-32-36-44(49)55-38-42(39-56-59(53,54)57-40-43(47)46(51)52)58-45(50)37-33-29-26-23-20-17-14-15-18-21-24-27-31-35-41(48)34-30-6-4-2/h5-7,9-10,12-13,15,17-18,20,24,26-27,29-31,35,41-43,48H,3-4,8,11,14,16,19,21-23,25,28,32-34,36-40,47H2,1-2H3,(H,51,52)(H,53,54)/b7-5-,10-9-,13-12-,18-15-,20-17-,27-24+,29-26-,30-6-,35-31+/t41?,42-,43+/m1/s1. The number of carboxylic acids is 1. The first-order valence-electron chi connectivity index (χ1n) is 21.0. The van der Waals surface area contributed by atoms with E-state index in [9.17, 15) is 28.9 Å². The highest BCUT2D eigenvalue weighted by Gasteiger charge is 2.28. The highest BCUT2D eigenvalue weighted by Crippen LogP contribution is 2.43. The average molecular weight is 846 g/mol. The second-order valence-corrected chi connectivity index (χ2v) is 15.0. The zero-order valence-electron chi connectivity index (χ0n) is 35.4. The molecule has 0 bridgehead atoms. The van der Waals surface area contributed by atoms with Crippen LogP contribution in [0.3, 0.4) is 0 Å². The van der Waals surface area contributed by atoms with Crippen molar-refractivity contribution in [3.8, 4) is 0 Å². The van der Waals surface area contributed by atoms with Gasteiger partial charge in [-0.3, -0.25) is 23.4 Å². The van der Waals surface area contributed by atoms with Gasteiger partial charge in [0.25, 0.3) is 0 Å². The number of esters is 2. The first-order valence-corrected chi connectivity index (χ1v) is 22.5. The summed E-state index contributed by atoms with van der Waals surface area (Å²) in [7, 11) is -4.76. The number of rotatable bonds is 37. The van der Waals surface area contributed by atoms with Gasteiger partial charge in [-0.1, -0.05) is 142 Å². The van der Waals surface area contributed by atoms with Gasteiger partial charge in [-0.2, -0.15) is 0 Å². The van der Waals surface area contributed by atoms with E-state index in [4.69, 9.17) is 24.8 Å². The molecular weight excluding hydrogens is 773 g/mol. The first kappa shape index (κ1) is 55.1. The Bertz CT molecular complexity index is 1430. The van der Waals surface area contributed by atoms with Crippen molar-refractivity contribution >= 4 is 25.7 Å². The van der Waals surface area contributed by atoms with E-state index in [1.165, 1.54) is 0 Å². The number of aliphatic hydroxyl groups is 1. The molecule has 0 spiro atoms. The summed E-state index contributed by atoms with van der Waals surface area (Å²) in [6.45, 7) is 2.35. The van der Waals surface area contributed by atoms with Crippen LogP contribution < -0.4 is 5.73 Å². The van der Waals surface area contributed by atoms with Crippen LogP contribution in [0.1, 0.15) is 123 Å². The van der Waals surface area contributed by atoms with E-state index in [1.807, 2.05) is 54.7 Å². The van der Waals surface area contributed by atoms with Crippen molar-refractivity contribution < 1.29 is 52.6 Å². The van der Waals surface area contributed by atoms with Gasteiger partial charge in [-0.05, 0) is 77.0 Å². The molecule has 332 valence electrons. The van der Waals surface area contributed by atoms with E-state index >= 15 is 0 Å². The summed E-state index contributed by atoms with van der Waals surface area (Å²) in [6.07, 6.45) is 47.9. The smallest absolute Gasteiger partial charge is 0.472 e. The lowest BCUT2D eigenvalue weighted by Gasteiger charge is -2.20. The van der Waals surface area contributed by atoms with Crippen molar-refractivity contribution in [2.45, 2.75) is 141 Å². The predicted molar refractivity (Wildman–Crippen MR) is 236 cm³/mol. The number of hydrogen-bond donors (Lipinski definition) is 4. The number of carbonyl (C=O) groups excluding carboxylic acids is 2. The molecule has 4 atom stereocenters. The zero-order chi connectivity index (χ0) is 43.7.